The zero-order chi connectivity index (χ0) is 14.8. The van der Waals surface area contributed by atoms with Crippen molar-refractivity contribution in [2.75, 3.05) is 16.9 Å². The lowest BCUT2D eigenvalue weighted by Crippen LogP contribution is -2.27. The predicted molar refractivity (Wildman–Crippen MR) is 85.7 cm³/mol. The van der Waals surface area contributed by atoms with E-state index in [-0.39, 0.29) is 0 Å². The number of aryl methyl sites for hydroxylation is 2. The first-order valence-electron chi connectivity index (χ1n) is 7.42. The number of nitrogens with one attached hydrogen (secondary N) is 1. The number of nitrogens with zero attached hydrogens (tertiary/aromatic N) is 3. The van der Waals surface area contributed by atoms with E-state index in [1.807, 2.05) is 0 Å². The minimum Gasteiger partial charge on any atom is -0.326 e. The van der Waals surface area contributed by atoms with Crippen molar-refractivity contribution in [3.05, 3.63) is 41.2 Å². The highest BCUT2D eigenvalue weighted by atomic mass is 15.3. The third kappa shape index (κ3) is 2.45. The molecule has 21 heavy (non-hydrogen) atoms. The van der Waals surface area contributed by atoms with E-state index in [2.05, 4.69) is 52.3 Å². The lowest BCUT2D eigenvalue weighted by Gasteiger charge is -2.32. The van der Waals surface area contributed by atoms with Crippen molar-refractivity contribution < 1.29 is 0 Å². The number of aromatic nitrogens is 2. The molecule has 110 valence electrons. The lowest BCUT2D eigenvalue weighted by atomic mass is 9.99. The first-order valence-corrected chi connectivity index (χ1v) is 7.42. The van der Waals surface area contributed by atoms with Gasteiger partial charge in [-0.1, -0.05) is 24.6 Å². The van der Waals surface area contributed by atoms with E-state index in [1.54, 1.807) is 6.33 Å². The van der Waals surface area contributed by atoms with Crippen LogP contribution in [0.2, 0.25) is 0 Å². The molecule has 0 bridgehead atoms. The normalized spacial score (nSPS) is 14.0. The zero-order valence-corrected chi connectivity index (χ0v) is 12.6. The number of nitrogens with two attached hydrogens (primary N) is 1. The van der Waals surface area contributed by atoms with Crippen LogP contribution in [0.5, 0.6) is 0 Å². The number of hydrogen-bond acceptors (Lipinski definition) is 5. The Morgan fingerprint density at radius 3 is 2.95 bits per heavy atom. The van der Waals surface area contributed by atoms with Crippen LogP contribution in [0.15, 0.2) is 24.5 Å². The zero-order valence-electron chi connectivity index (χ0n) is 12.6. The highest BCUT2D eigenvalue weighted by Crippen LogP contribution is 2.35. The fourth-order valence-corrected chi connectivity index (χ4v) is 3.03. The van der Waals surface area contributed by atoms with Crippen molar-refractivity contribution in [2.45, 2.75) is 33.1 Å². The Labute approximate surface area is 125 Å². The Morgan fingerprint density at radius 2 is 2.19 bits per heavy atom. The van der Waals surface area contributed by atoms with Gasteiger partial charge in [0, 0.05) is 17.8 Å². The van der Waals surface area contributed by atoms with Crippen molar-refractivity contribution in [3.63, 3.8) is 0 Å². The highest BCUT2D eigenvalue weighted by molar-refractivity contribution is 5.70. The largest absolute Gasteiger partial charge is 0.326 e. The van der Waals surface area contributed by atoms with Gasteiger partial charge in [0.25, 0.3) is 0 Å². The van der Waals surface area contributed by atoms with Gasteiger partial charge in [-0.15, -0.1) is 0 Å². The summed E-state index contributed by atoms with van der Waals surface area (Å²) in [6, 6.07) is 6.63. The van der Waals surface area contributed by atoms with E-state index in [0.717, 1.165) is 37.2 Å². The maximum atomic E-state index is 5.58. The Morgan fingerprint density at radius 1 is 1.33 bits per heavy atom. The van der Waals surface area contributed by atoms with Crippen LogP contribution in [0.3, 0.4) is 0 Å². The minimum atomic E-state index is 0.710. The Balaban J connectivity index is 2.11. The Hall–Kier alpha value is -2.14. The molecule has 1 aliphatic rings. The van der Waals surface area contributed by atoms with Crippen LogP contribution in [-0.2, 0) is 12.8 Å². The molecule has 5 heteroatoms. The molecule has 3 N–H and O–H groups in total. The second kappa shape index (κ2) is 5.69. The molecule has 0 amide bonds. The van der Waals surface area contributed by atoms with Crippen LogP contribution in [0, 0.1) is 6.92 Å². The molecule has 0 saturated heterocycles. The summed E-state index contributed by atoms with van der Waals surface area (Å²) in [6.45, 7) is 5.21. The molecule has 1 aromatic carbocycles. The van der Waals surface area contributed by atoms with Gasteiger partial charge in [0.2, 0.25) is 0 Å². The fraction of sp³-hybridized carbons (Fsp3) is 0.375. The molecule has 2 aromatic rings. The summed E-state index contributed by atoms with van der Waals surface area (Å²) in [4.78, 5) is 11.0. The van der Waals surface area contributed by atoms with E-state index in [4.69, 9.17) is 5.84 Å². The standard InChI is InChI=1S/C16H21N5/c1-3-13-15(20-17)18-10-19-16(13)21-8-4-5-12-9-11(2)6-7-14(12)21/h6-7,9-10H,3-5,8,17H2,1-2H3,(H,18,19,20). The Kier molecular flexibility index (Phi) is 3.75. The fourth-order valence-electron chi connectivity index (χ4n) is 3.03. The van der Waals surface area contributed by atoms with E-state index in [1.165, 1.54) is 16.8 Å². The van der Waals surface area contributed by atoms with E-state index < -0.39 is 0 Å². The summed E-state index contributed by atoms with van der Waals surface area (Å²) >= 11 is 0. The number of rotatable bonds is 3. The maximum absolute atomic E-state index is 5.58. The van der Waals surface area contributed by atoms with Crippen LogP contribution in [0.4, 0.5) is 17.3 Å². The third-order valence-corrected chi connectivity index (χ3v) is 4.02. The number of anilines is 3. The van der Waals surface area contributed by atoms with Crippen molar-refractivity contribution in [3.8, 4) is 0 Å². The van der Waals surface area contributed by atoms with Gasteiger partial charge < -0.3 is 10.3 Å². The molecule has 5 nitrogen and oxygen atoms in total. The summed E-state index contributed by atoms with van der Waals surface area (Å²) in [5.41, 5.74) is 7.69. The quantitative estimate of drug-likeness (QED) is 0.669. The molecular weight excluding hydrogens is 262 g/mol. The summed E-state index contributed by atoms with van der Waals surface area (Å²) in [5, 5.41) is 0. The smallest absolute Gasteiger partial charge is 0.148 e. The highest BCUT2D eigenvalue weighted by Gasteiger charge is 2.22. The monoisotopic (exact) mass is 283 g/mol. The first kappa shape index (κ1) is 13.8. The Bertz CT molecular complexity index is 653. The first-order chi connectivity index (χ1) is 10.2. The SMILES string of the molecule is CCc1c(NN)ncnc1N1CCCc2cc(C)ccc21. The number of hydrogen-bond donors (Lipinski definition) is 2. The molecule has 1 aliphatic heterocycles. The lowest BCUT2D eigenvalue weighted by molar-refractivity contribution is 0.753. The van der Waals surface area contributed by atoms with Gasteiger partial charge in [0.15, 0.2) is 0 Å². The number of hydrazine groups is 1. The molecule has 0 aliphatic carbocycles. The van der Waals surface area contributed by atoms with Crippen molar-refractivity contribution in [2.24, 2.45) is 5.84 Å². The maximum Gasteiger partial charge on any atom is 0.148 e. The van der Waals surface area contributed by atoms with Gasteiger partial charge in [0.1, 0.15) is 18.0 Å². The van der Waals surface area contributed by atoms with E-state index in [9.17, 15) is 0 Å². The summed E-state index contributed by atoms with van der Waals surface area (Å²) in [5.74, 6) is 7.25. The van der Waals surface area contributed by atoms with Crippen LogP contribution in [-0.4, -0.2) is 16.5 Å². The molecule has 0 atom stereocenters. The number of fused-ring (bicyclic) bond motifs is 1. The molecule has 3 rings (SSSR count). The van der Waals surface area contributed by atoms with Crippen molar-refractivity contribution in [1.82, 2.24) is 9.97 Å². The molecule has 0 fully saturated rings. The molecule has 0 saturated carbocycles. The molecule has 0 spiro atoms. The summed E-state index contributed by atoms with van der Waals surface area (Å²) in [6.07, 6.45) is 4.68. The minimum absolute atomic E-state index is 0.710. The van der Waals surface area contributed by atoms with Gasteiger partial charge in [-0.2, -0.15) is 0 Å². The second-order valence-corrected chi connectivity index (χ2v) is 5.41. The molecule has 0 radical (unpaired) electrons. The van der Waals surface area contributed by atoms with E-state index >= 15 is 0 Å². The number of benzene rings is 1. The molecular formula is C16H21N5. The van der Waals surface area contributed by atoms with Crippen molar-refractivity contribution in [1.29, 1.82) is 0 Å². The van der Waals surface area contributed by atoms with Gasteiger partial charge in [-0.3, -0.25) is 0 Å². The molecule has 0 unspecified atom stereocenters. The van der Waals surface area contributed by atoms with Crippen molar-refractivity contribution >= 4 is 17.3 Å². The van der Waals surface area contributed by atoms with Gasteiger partial charge in [0.05, 0.1) is 0 Å². The van der Waals surface area contributed by atoms with E-state index in [0.29, 0.717) is 5.82 Å². The molecule has 1 aromatic heterocycles. The van der Waals surface area contributed by atoms with Crippen LogP contribution >= 0.6 is 0 Å². The van der Waals surface area contributed by atoms with Gasteiger partial charge >= 0.3 is 0 Å². The summed E-state index contributed by atoms with van der Waals surface area (Å²) < 4.78 is 0. The number of nitrogen functional groups attached to an aromatic ring is 1. The third-order valence-electron chi connectivity index (χ3n) is 4.02. The topological polar surface area (TPSA) is 67.1 Å². The van der Waals surface area contributed by atoms with Crippen LogP contribution in [0.25, 0.3) is 0 Å². The average Bonchev–Trinajstić information content (AvgIpc) is 2.53. The second-order valence-electron chi connectivity index (χ2n) is 5.41. The summed E-state index contributed by atoms with van der Waals surface area (Å²) in [7, 11) is 0. The van der Waals surface area contributed by atoms with Gasteiger partial charge in [-0.05, 0) is 37.8 Å². The predicted octanol–water partition coefficient (Wildman–Crippen LogP) is 2.72. The van der Waals surface area contributed by atoms with Crippen LogP contribution in [0.1, 0.15) is 30.0 Å². The van der Waals surface area contributed by atoms with Gasteiger partial charge in [-0.25, -0.2) is 15.8 Å². The average molecular weight is 283 g/mol. The van der Waals surface area contributed by atoms with Crippen LogP contribution < -0.4 is 16.2 Å². The molecule has 2 heterocycles.